The van der Waals surface area contributed by atoms with Crippen molar-refractivity contribution in [1.82, 2.24) is 9.80 Å². The van der Waals surface area contributed by atoms with E-state index >= 15 is 0 Å². The average molecular weight is 308 g/mol. The Kier molecular flexibility index (Phi) is 6.13. The lowest BCUT2D eigenvalue weighted by Gasteiger charge is -2.35. The van der Waals surface area contributed by atoms with Crippen LogP contribution in [0, 0.1) is 5.92 Å². The maximum absolute atomic E-state index is 12.6. The molecule has 0 aromatic heterocycles. The summed E-state index contributed by atoms with van der Waals surface area (Å²) in [5.41, 5.74) is 0. The first-order valence-electron chi connectivity index (χ1n) is 9.45. The van der Waals surface area contributed by atoms with Crippen LogP contribution < -0.4 is 0 Å². The van der Waals surface area contributed by atoms with Crippen molar-refractivity contribution in [2.24, 2.45) is 5.92 Å². The van der Waals surface area contributed by atoms with Gasteiger partial charge < -0.3 is 14.5 Å². The molecule has 2 aliphatic heterocycles. The predicted molar refractivity (Wildman–Crippen MR) is 87.8 cm³/mol. The number of likely N-dealkylation sites (tertiary alicyclic amines) is 1. The molecule has 3 aliphatic rings. The van der Waals surface area contributed by atoms with Crippen molar-refractivity contribution in [2.45, 2.75) is 63.8 Å². The van der Waals surface area contributed by atoms with E-state index in [0.717, 1.165) is 58.4 Å². The van der Waals surface area contributed by atoms with E-state index in [0.29, 0.717) is 17.9 Å². The van der Waals surface area contributed by atoms with E-state index in [4.69, 9.17) is 4.74 Å². The fraction of sp³-hybridized carbons (Fsp3) is 0.944. The van der Waals surface area contributed by atoms with Crippen LogP contribution in [0.3, 0.4) is 0 Å². The molecule has 2 heterocycles. The average Bonchev–Trinajstić information content (AvgIpc) is 3.39. The largest absolute Gasteiger partial charge is 0.381 e. The third-order valence-electron chi connectivity index (χ3n) is 5.41. The fourth-order valence-corrected chi connectivity index (χ4v) is 3.86. The Morgan fingerprint density at radius 1 is 1.00 bits per heavy atom. The SMILES string of the molecule is O=C(C1CC1)N(CCCN1CCCCCC1)C1CCOCC1. The third kappa shape index (κ3) is 4.69. The number of rotatable bonds is 6. The summed E-state index contributed by atoms with van der Waals surface area (Å²) in [4.78, 5) is 17.4. The lowest BCUT2D eigenvalue weighted by atomic mass is 10.1. The van der Waals surface area contributed by atoms with Gasteiger partial charge in [-0.15, -0.1) is 0 Å². The zero-order valence-corrected chi connectivity index (χ0v) is 14.0. The highest BCUT2D eigenvalue weighted by Gasteiger charge is 2.36. The molecule has 126 valence electrons. The number of hydrogen-bond acceptors (Lipinski definition) is 3. The molecule has 3 fully saturated rings. The number of hydrogen-bond donors (Lipinski definition) is 0. The summed E-state index contributed by atoms with van der Waals surface area (Å²) in [6, 6.07) is 0.436. The predicted octanol–water partition coefficient (Wildman–Crippen LogP) is 2.67. The second-order valence-electron chi connectivity index (χ2n) is 7.26. The number of nitrogens with zero attached hydrogens (tertiary/aromatic N) is 2. The molecule has 3 rings (SSSR count). The van der Waals surface area contributed by atoms with Crippen molar-refractivity contribution < 1.29 is 9.53 Å². The maximum atomic E-state index is 12.6. The van der Waals surface area contributed by atoms with Gasteiger partial charge in [-0.2, -0.15) is 0 Å². The van der Waals surface area contributed by atoms with Crippen LogP contribution in [0.1, 0.15) is 57.8 Å². The molecule has 1 aliphatic carbocycles. The summed E-state index contributed by atoms with van der Waals surface area (Å²) < 4.78 is 5.47. The first-order valence-corrected chi connectivity index (χ1v) is 9.45. The molecule has 4 nitrogen and oxygen atoms in total. The summed E-state index contributed by atoms with van der Waals surface area (Å²) in [7, 11) is 0. The van der Waals surface area contributed by atoms with Gasteiger partial charge in [0.15, 0.2) is 0 Å². The fourth-order valence-electron chi connectivity index (χ4n) is 3.86. The molecule has 0 N–H and O–H groups in total. The van der Waals surface area contributed by atoms with Crippen LogP contribution in [-0.2, 0) is 9.53 Å². The Morgan fingerprint density at radius 3 is 2.32 bits per heavy atom. The van der Waals surface area contributed by atoms with Gasteiger partial charge in [0.05, 0.1) is 0 Å². The molecule has 1 amide bonds. The van der Waals surface area contributed by atoms with Gasteiger partial charge in [-0.3, -0.25) is 4.79 Å². The molecule has 0 atom stereocenters. The van der Waals surface area contributed by atoms with Crippen molar-refractivity contribution in [3.8, 4) is 0 Å². The van der Waals surface area contributed by atoms with Gasteiger partial charge in [0.25, 0.3) is 0 Å². The highest BCUT2D eigenvalue weighted by atomic mass is 16.5. The molecule has 0 radical (unpaired) electrons. The zero-order chi connectivity index (χ0) is 15.2. The quantitative estimate of drug-likeness (QED) is 0.756. The topological polar surface area (TPSA) is 32.8 Å². The molecule has 22 heavy (non-hydrogen) atoms. The third-order valence-corrected chi connectivity index (χ3v) is 5.41. The monoisotopic (exact) mass is 308 g/mol. The minimum Gasteiger partial charge on any atom is -0.381 e. The number of ether oxygens (including phenoxy) is 1. The molecule has 1 saturated carbocycles. The van der Waals surface area contributed by atoms with E-state index in [1.165, 1.54) is 38.8 Å². The van der Waals surface area contributed by atoms with Crippen LogP contribution in [0.25, 0.3) is 0 Å². The molecule has 4 heteroatoms. The molecule has 0 aromatic carbocycles. The van der Waals surface area contributed by atoms with Gasteiger partial charge in [0.1, 0.15) is 0 Å². The molecular weight excluding hydrogens is 276 g/mol. The van der Waals surface area contributed by atoms with Crippen molar-refractivity contribution in [1.29, 1.82) is 0 Å². The molecule has 0 bridgehead atoms. The van der Waals surface area contributed by atoms with Gasteiger partial charge in [-0.05, 0) is 64.6 Å². The van der Waals surface area contributed by atoms with Crippen molar-refractivity contribution in [3.63, 3.8) is 0 Å². The first-order chi connectivity index (χ1) is 10.8. The number of carbonyl (C=O) groups is 1. The highest BCUT2D eigenvalue weighted by molar-refractivity contribution is 5.81. The van der Waals surface area contributed by atoms with Crippen molar-refractivity contribution in [2.75, 3.05) is 39.4 Å². The van der Waals surface area contributed by atoms with E-state index < -0.39 is 0 Å². The minimum absolute atomic E-state index is 0.348. The van der Waals surface area contributed by atoms with Crippen LogP contribution >= 0.6 is 0 Å². The maximum Gasteiger partial charge on any atom is 0.225 e. The Bertz CT molecular complexity index is 343. The van der Waals surface area contributed by atoms with E-state index in [1.807, 2.05) is 0 Å². The summed E-state index contributed by atoms with van der Waals surface area (Å²) in [6.45, 7) is 6.28. The number of carbonyl (C=O) groups excluding carboxylic acids is 1. The van der Waals surface area contributed by atoms with E-state index in [9.17, 15) is 4.79 Å². The van der Waals surface area contributed by atoms with Crippen LogP contribution in [-0.4, -0.2) is 61.1 Å². The Morgan fingerprint density at radius 2 is 1.68 bits per heavy atom. The molecule has 0 aromatic rings. The van der Waals surface area contributed by atoms with Crippen molar-refractivity contribution >= 4 is 5.91 Å². The zero-order valence-electron chi connectivity index (χ0n) is 14.0. The first kappa shape index (κ1) is 16.3. The second-order valence-corrected chi connectivity index (χ2v) is 7.26. The van der Waals surface area contributed by atoms with Crippen LogP contribution in [0.15, 0.2) is 0 Å². The number of amides is 1. The molecular formula is C18H32N2O2. The van der Waals surface area contributed by atoms with Gasteiger partial charge in [-0.1, -0.05) is 12.8 Å². The minimum atomic E-state index is 0.348. The van der Waals surface area contributed by atoms with Crippen molar-refractivity contribution in [3.05, 3.63) is 0 Å². The lowest BCUT2D eigenvalue weighted by molar-refractivity contribution is -0.137. The molecule has 0 unspecified atom stereocenters. The van der Waals surface area contributed by atoms with Gasteiger partial charge >= 0.3 is 0 Å². The lowest BCUT2D eigenvalue weighted by Crippen LogP contribution is -2.45. The highest BCUT2D eigenvalue weighted by Crippen LogP contribution is 2.32. The second kappa shape index (κ2) is 8.30. The van der Waals surface area contributed by atoms with Crippen LogP contribution in [0.4, 0.5) is 0 Å². The Balaban J connectivity index is 1.47. The smallest absolute Gasteiger partial charge is 0.225 e. The normalized spacial score (nSPS) is 24.9. The molecule has 2 saturated heterocycles. The van der Waals surface area contributed by atoms with Gasteiger partial charge in [0, 0.05) is 31.7 Å². The summed E-state index contributed by atoms with van der Waals surface area (Å²) in [5.74, 6) is 0.781. The summed E-state index contributed by atoms with van der Waals surface area (Å²) >= 11 is 0. The summed E-state index contributed by atoms with van der Waals surface area (Å²) in [6.07, 6.45) is 10.9. The standard InChI is InChI=1S/C18H32N2O2/c21-18(16-6-7-16)20(17-8-14-22-15-9-17)13-5-12-19-10-3-1-2-4-11-19/h16-17H,1-15H2. The van der Waals surface area contributed by atoms with Crippen LogP contribution in [0.2, 0.25) is 0 Å². The van der Waals surface area contributed by atoms with Crippen LogP contribution in [0.5, 0.6) is 0 Å². The Hall–Kier alpha value is -0.610. The van der Waals surface area contributed by atoms with E-state index in [2.05, 4.69) is 9.80 Å². The van der Waals surface area contributed by atoms with E-state index in [1.54, 1.807) is 0 Å². The molecule has 0 spiro atoms. The Labute approximate surface area is 135 Å². The summed E-state index contributed by atoms with van der Waals surface area (Å²) in [5, 5.41) is 0. The van der Waals surface area contributed by atoms with Gasteiger partial charge in [-0.25, -0.2) is 0 Å². The van der Waals surface area contributed by atoms with Gasteiger partial charge in [0.2, 0.25) is 5.91 Å². The van der Waals surface area contributed by atoms with E-state index in [-0.39, 0.29) is 0 Å².